The minimum atomic E-state index is 0.0581. The van der Waals surface area contributed by atoms with Gasteiger partial charge in [-0.15, -0.1) is 0 Å². The normalized spacial score (nSPS) is 12.4. The van der Waals surface area contributed by atoms with Crippen LogP contribution >= 0.6 is 0 Å². The number of benzene rings is 1. The lowest BCUT2D eigenvalue weighted by Gasteiger charge is -2.14. The van der Waals surface area contributed by atoms with E-state index in [-0.39, 0.29) is 11.9 Å². The summed E-state index contributed by atoms with van der Waals surface area (Å²) >= 11 is 0. The summed E-state index contributed by atoms with van der Waals surface area (Å²) in [7, 11) is 0. The highest BCUT2D eigenvalue weighted by atomic mass is 16.5. The molecule has 2 nitrogen and oxygen atoms in total. The smallest absolute Gasteiger partial charge is 0.132 e. The van der Waals surface area contributed by atoms with Crippen LogP contribution in [-0.2, 0) is 16.1 Å². The van der Waals surface area contributed by atoms with Gasteiger partial charge in [-0.2, -0.15) is 0 Å². The van der Waals surface area contributed by atoms with Gasteiger partial charge < -0.3 is 4.74 Å². The molecule has 1 aromatic rings. The summed E-state index contributed by atoms with van der Waals surface area (Å²) in [6.07, 6.45) is 1.46. The van der Waals surface area contributed by atoms with E-state index in [9.17, 15) is 4.79 Å². The molecule has 15 heavy (non-hydrogen) atoms. The number of Topliss-reactive ketones (excluding diaryl/α,β-unsaturated/α-hetero) is 1. The van der Waals surface area contributed by atoms with E-state index in [2.05, 4.69) is 0 Å². The molecule has 0 heterocycles. The Kier molecular flexibility index (Phi) is 5.05. The maximum absolute atomic E-state index is 10.9. The van der Waals surface area contributed by atoms with Crippen LogP contribution in [0.1, 0.15) is 32.3 Å². The zero-order chi connectivity index (χ0) is 11.1. The molecule has 1 aromatic carbocycles. The van der Waals surface area contributed by atoms with Gasteiger partial charge in [0.1, 0.15) is 5.78 Å². The first-order valence-electron chi connectivity index (χ1n) is 5.37. The lowest BCUT2D eigenvalue weighted by atomic mass is 10.1. The van der Waals surface area contributed by atoms with Gasteiger partial charge in [0.25, 0.3) is 0 Å². The second-order valence-corrected chi connectivity index (χ2v) is 3.73. The summed E-state index contributed by atoms with van der Waals surface area (Å²) in [5.74, 6) is 0.190. The number of rotatable bonds is 6. The maximum Gasteiger partial charge on any atom is 0.132 e. The second kappa shape index (κ2) is 6.36. The van der Waals surface area contributed by atoms with Gasteiger partial charge in [-0.05, 0) is 18.9 Å². The minimum absolute atomic E-state index is 0.0581. The molecular weight excluding hydrogens is 188 g/mol. The van der Waals surface area contributed by atoms with Crippen molar-refractivity contribution in [2.24, 2.45) is 0 Å². The van der Waals surface area contributed by atoms with Crippen LogP contribution in [0, 0.1) is 0 Å². The molecule has 0 amide bonds. The predicted octanol–water partition coefficient (Wildman–Crippen LogP) is 2.96. The molecular formula is C13H18O2. The fourth-order valence-electron chi connectivity index (χ4n) is 1.43. The third-order valence-electron chi connectivity index (χ3n) is 2.30. The van der Waals surface area contributed by atoms with Gasteiger partial charge in [0.05, 0.1) is 12.7 Å². The average molecular weight is 206 g/mol. The molecule has 0 spiro atoms. The summed E-state index contributed by atoms with van der Waals surface area (Å²) in [6.45, 7) is 4.24. The van der Waals surface area contributed by atoms with Crippen LogP contribution in [0.2, 0.25) is 0 Å². The highest BCUT2D eigenvalue weighted by Gasteiger charge is 2.09. The van der Waals surface area contributed by atoms with Crippen LogP contribution in [0.5, 0.6) is 0 Å². The summed E-state index contributed by atoms with van der Waals surface area (Å²) in [5.41, 5.74) is 1.15. The number of hydrogen-bond acceptors (Lipinski definition) is 2. The zero-order valence-electron chi connectivity index (χ0n) is 9.40. The molecule has 82 valence electrons. The standard InChI is InChI=1S/C13H18O2/c1-3-13(9-11(2)14)15-10-12-7-5-4-6-8-12/h4-8,13H,3,9-10H2,1-2H3/t13-/m1/s1. The Hall–Kier alpha value is -1.15. The minimum Gasteiger partial charge on any atom is -0.373 e. The summed E-state index contributed by atoms with van der Waals surface area (Å²) in [6, 6.07) is 10.0. The molecule has 0 aromatic heterocycles. The van der Waals surface area contributed by atoms with Crippen molar-refractivity contribution in [1.29, 1.82) is 0 Å². The van der Waals surface area contributed by atoms with E-state index in [1.807, 2.05) is 37.3 Å². The van der Waals surface area contributed by atoms with E-state index in [0.717, 1.165) is 12.0 Å². The zero-order valence-corrected chi connectivity index (χ0v) is 9.40. The predicted molar refractivity (Wildman–Crippen MR) is 60.6 cm³/mol. The number of hydrogen-bond donors (Lipinski definition) is 0. The van der Waals surface area contributed by atoms with Gasteiger partial charge in [-0.1, -0.05) is 37.3 Å². The molecule has 0 saturated carbocycles. The Labute approximate surface area is 91.3 Å². The molecule has 0 aliphatic rings. The van der Waals surface area contributed by atoms with Crippen LogP contribution in [0.4, 0.5) is 0 Å². The van der Waals surface area contributed by atoms with Crippen LogP contribution in [-0.4, -0.2) is 11.9 Å². The largest absolute Gasteiger partial charge is 0.373 e. The Morgan fingerprint density at radius 2 is 2.00 bits per heavy atom. The van der Waals surface area contributed by atoms with Gasteiger partial charge >= 0.3 is 0 Å². The van der Waals surface area contributed by atoms with Crippen molar-refractivity contribution >= 4 is 5.78 Å². The van der Waals surface area contributed by atoms with Crippen LogP contribution in [0.15, 0.2) is 30.3 Å². The van der Waals surface area contributed by atoms with Crippen molar-refractivity contribution in [3.8, 4) is 0 Å². The molecule has 0 radical (unpaired) electrons. The Balaban J connectivity index is 2.37. The summed E-state index contributed by atoms with van der Waals surface area (Å²) in [5, 5.41) is 0. The third kappa shape index (κ3) is 4.75. The monoisotopic (exact) mass is 206 g/mol. The first kappa shape index (κ1) is 11.9. The van der Waals surface area contributed by atoms with Gasteiger partial charge in [-0.3, -0.25) is 4.79 Å². The Morgan fingerprint density at radius 1 is 1.33 bits per heavy atom. The molecule has 0 aliphatic carbocycles. The van der Waals surface area contributed by atoms with E-state index in [1.165, 1.54) is 0 Å². The van der Waals surface area contributed by atoms with Gasteiger partial charge in [0.2, 0.25) is 0 Å². The fourth-order valence-corrected chi connectivity index (χ4v) is 1.43. The quantitative estimate of drug-likeness (QED) is 0.715. The summed E-state index contributed by atoms with van der Waals surface area (Å²) in [4.78, 5) is 10.9. The SMILES string of the molecule is CC[C@H](CC(C)=O)OCc1ccccc1. The lowest BCUT2D eigenvalue weighted by molar-refractivity contribution is -0.120. The molecule has 0 N–H and O–H groups in total. The average Bonchev–Trinajstić information content (AvgIpc) is 2.25. The Bertz CT molecular complexity index is 293. The van der Waals surface area contributed by atoms with E-state index >= 15 is 0 Å². The molecule has 0 aliphatic heterocycles. The highest BCUT2D eigenvalue weighted by molar-refractivity contribution is 5.75. The maximum atomic E-state index is 10.9. The van der Waals surface area contributed by atoms with Crippen LogP contribution < -0.4 is 0 Å². The number of carbonyl (C=O) groups is 1. The van der Waals surface area contributed by atoms with E-state index < -0.39 is 0 Å². The number of carbonyl (C=O) groups excluding carboxylic acids is 1. The van der Waals surface area contributed by atoms with Crippen LogP contribution in [0.3, 0.4) is 0 Å². The van der Waals surface area contributed by atoms with E-state index in [0.29, 0.717) is 13.0 Å². The van der Waals surface area contributed by atoms with Crippen molar-refractivity contribution < 1.29 is 9.53 Å². The second-order valence-electron chi connectivity index (χ2n) is 3.73. The topological polar surface area (TPSA) is 26.3 Å². The van der Waals surface area contributed by atoms with Crippen molar-refractivity contribution in [3.63, 3.8) is 0 Å². The molecule has 0 bridgehead atoms. The number of ether oxygens (including phenoxy) is 1. The van der Waals surface area contributed by atoms with Crippen molar-refractivity contribution in [2.75, 3.05) is 0 Å². The van der Waals surface area contributed by atoms with Crippen molar-refractivity contribution in [1.82, 2.24) is 0 Å². The molecule has 0 unspecified atom stereocenters. The molecule has 0 fully saturated rings. The molecule has 1 rings (SSSR count). The van der Waals surface area contributed by atoms with Gasteiger partial charge in [0, 0.05) is 6.42 Å². The summed E-state index contributed by atoms with van der Waals surface area (Å²) < 4.78 is 5.67. The van der Waals surface area contributed by atoms with Crippen molar-refractivity contribution in [2.45, 2.75) is 39.4 Å². The number of ketones is 1. The first-order chi connectivity index (χ1) is 7.22. The lowest BCUT2D eigenvalue weighted by Crippen LogP contribution is -2.15. The molecule has 2 heteroatoms. The molecule has 0 saturated heterocycles. The van der Waals surface area contributed by atoms with Gasteiger partial charge in [-0.25, -0.2) is 0 Å². The van der Waals surface area contributed by atoms with Gasteiger partial charge in [0.15, 0.2) is 0 Å². The Morgan fingerprint density at radius 3 is 2.53 bits per heavy atom. The first-order valence-corrected chi connectivity index (χ1v) is 5.37. The third-order valence-corrected chi connectivity index (χ3v) is 2.30. The highest BCUT2D eigenvalue weighted by Crippen LogP contribution is 2.09. The molecule has 1 atom stereocenters. The van der Waals surface area contributed by atoms with Crippen molar-refractivity contribution in [3.05, 3.63) is 35.9 Å². The van der Waals surface area contributed by atoms with Crippen LogP contribution in [0.25, 0.3) is 0 Å². The fraction of sp³-hybridized carbons (Fsp3) is 0.462. The van der Waals surface area contributed by atoms with E-state index in [1.54, 1.807) is 6.92 Å². The van der Waals surface area contributed by atoms with E-state index in [4.69, 9.17) is 4.74 Å².